The normalized spacial score (nSPS) is 20.2. The molecule has 4 rings (SSSR count). The lowest BCUT2D eigenvalue weighted by Gasteiger charge is -2.43. The number of piperidine rings is 1. The van der Waals surface area contributed by atoms with Crippen LogP contribution in [-0.4, -0.2) is 48.8 Å². The van der Waals surface area contributed by atoms with Crippen molar-refractivity contribution >= 4 is 38.9 Å². The monoisotopic (exact) mass is 432 g/mol. The average Bonchev–Trinajstić information content (AvgIpc) is 2.89. The lowest BCUT2D eigenvalue weighted by atomic mass is 10.00. The SMILES string of the molecule is O=C(Cc1ccc(Cl)cc1)N1CCC2(CC1)N(c1ccccc1)C(=O)CS2(=O)=O. The Morgan fingerprint density at radius 2 is 1.62 bits per heavy atom. The number of likely N-dealkylation sites (tertiary alicyclic amines) is 1. The third-order valence-electron chi connectivity index (χ3n) is 5.73. The van der Waals surface area contributed by atoms with E-state index in [1.807, 2.05) is 18.2 Å². The molecule has 0 saturated carbocycles. The molecule has 2 fully saturated rings. The molecule has 0 N–H and O–H groups in total. The first kappa shape index (κ1) is 19.9. The number of amides is 2. The molecule has 2 heterocycles. The molecule has 1 spiro atoms. The number of hydrogen-bond acceptors (Lipinski definition) is 4. The van der Waals surface area contributed by atoms with Gasteiger partial charge in [-0.05, 0) is 29.8 Å². The number of carbonyl (C=O) groups is 2. The molecule has 2 saturated heterocycles. The van der Waals surface area contributed by atoms with Crippen molar-refractivity contribution in [3.63, 3.8) is 0 Å². The van der Waals surface area contributed by atoms with Crippen molar-refractivity contribution < 1.29 is 18.0 Å². The fourth-order valence-electron chi connectivity index (χ4n) is 4.21. The van der Waals surface area contributed by atoms with Crippen LogP contribution in [0.5, 0.6) is 0 Å². The van der Waals surface area contributed by atoms with Crippen LogP contribution in [0, 0.1) is 0 Å². The summed E-state index contributed by atoms with van der Waals surface area (Å²) in [5.74, 6) is -0.951. The van der Waals surface area contributed by atoms with E-state index in [-0.39, 0.29) is 25.2 Å². The molecule has 2 aliphatic heterocycles. The van der Waals surface area contributed by atoms with E-state index < -0.39 is 26.4 Å². The maximum Gasteiger partial charge on any atom is 0.243 e. The number of rotatable bonds is 3. The molecule has 0 aliphatic carbocycles. The summed E-state index contributed by atoms with van der Waals surface area (Å²) >= 11 is 5.88. The largest absolute Gasteiger partial charge is 0.342 e. The predicted octanol–water partition coefficient (Wildman–Crippen LogP) is 2.66. The van der Waals surface area contributed by atoms with E-state index in [0.717, 1.165) is 5.56 Å². The number of para-hydroxylation sites is 1. The number of hydrogen-bond donors (Lipinski definition) is 0. The summed E-state index contributed by atoms with van der Waals surface area (Å²) in [6.07, 6.45) is 0.656. The van der Waals surface area contributed by atoms with Gasteiger partial charge in [0.25, 0.3) is 0 Å². The fourth-order valence-corrected chi connectivity index (χ4v) is 6.35. The maximum absolute atomic E-state index is 13.0. The summed E-state index contributed by atoms with van der Waals surface area (Å²) in [5, 5.41) is 0.609. The second-order valence-electron chi connectivity index (χ2n) is 7.45. The Kier molecular flexibility index (Phi) is 5.12. The summed E-state index contributed by atoms with van der Waals surface area (Å²) in [7, 11) is -3.65. The first-order valence-corrected chi connectivity index (χ1v) is 11.5. The standard InChI is InChI=1S/C21H21ClN2O4S/c22-17-8-6-16(7-9-17)14-19(25)23-12-10-21(11-13-23)24(18-4-2-1-3-5-18)20(26)15-29(21,27)28/h1-9H,10-15H2. The van der Waals surface area contributed by atoms with Gasteiger partial charge in [-0.25, -0.2) is 8.42 Å². The Labute approximate surface area is 175 Å². The third-order valence-corrected chi connectivity index (χ3v) is 8.36. The lowest BCUT2D eigenvalue weighted by Crippen LogP contribution is -2.57. The minimum atomic E-state index is -3.65. The molecule has 2 amide bonds. The smallest absolute Gasteiger partial charge is 0.243 e. The van der Waals surface area contributed by atoms with Gasteiger partial charge in [0.15, 0.2) is 14.7 Å². The Balaban J connectivity index is 1.53. The molecule has 2 aliphatic rings. The van der Waals surface area contributed by atoms with Crippen molar-refractivity contribution in [2.75, 3.05) is 23.7 Å². The van der Waals surface area contributed by atoms with Crippen LogP contribution in [0.15, 0.2) is 54.6 Å². The van der Waals surface area contributed by atoms with Gasteiger partial charge in [-0.1, -0.05) is 41.9 Å². The zero-order valence-electron chi connectivity index (χ0n) is 15.8. The molecular weight excluding hydrogens is 412 g/mol. The van der Waals surface area contributed by atoms with E-state index >= 15 is 0 Å². The van der Waals surface area contributed by atoms with Crippen LogP contribution in [0.1, 0.15) is 18.4 Å². The second kappa shape index (κ2) is 7.46. The van der Waals surface area contributed by atoms with E-state index in [9.17, 15) is 18.0 Å². The highest BCUT2D eigenvalue weighted by Crippen LogP contribution is 2.42. The highest BCUT2D eigenvalue weighted by molar-refractivity contribution is 7.94. The van der Waals surface area contributed by atoms with Crippen LogP contribution in [0.3, 0.4) is 0 Å². The van der Waals surface area contributed by atoms with Crippen LogP contribution in [0.25, 0.3) is 0 Å². The fraction of sp³-hybridized carbons (Fsp3) is 0.333. The van der Waals surface area contributed by atoms with E-state index in [1.54, 1.807) is 41.3 Å². The molecule has 0 atom stereocenters. The van der Waals surface area contributed by atoms with Crippen molar-refractivity contribution in [3.8, 4) is 0 Å². The molecule has 0 aromatic heterocycles. The van der Waals surface area contributed by atoms with Crippen molar-refractivity contribution in [2.45, 2.75) is 24.1 Å². The molecule has 0 unspecified atom stereocenters. The Morgan fingerprint density at radius 3 is 2.24 bits per heavy atom. The first-order valence-electron chi connectivity index (χ1n) is 9.45. The highest BCUT2D eigenvalue weighted by atomic mass is 35.5. The second-order valence-corrected chi connectivity index (χ2v) is 10.2. The number of sulfone groups is 1. The van der Waals surface area contributed by atoms with Gasteiger partial charge < -0.3 is 4.90 Å². The van der Waals surface area contributed by atoms with Gasteiger partial charge in [-0.3, -0.25) is 14.5 Å². The van der Waals surface area contributed by atoms with Gasteiger partial charge in [0.05, 0.1) is 6.42 Å². The number of halogens is 1. The zero-order chi connectivity index (χ0) is 20.6. The Morgan fingerprint density at radius 1 is 1.00 bits per heavy atom. The summed E-state index contributed by atoms with van der Waals surface area (Å²) in [4.78, 5) is 27.1. The van der Waals surface area contributed by atoms with Gasteiger partial charge in [0, 0.05) is 36.6 Å². The van der Waals surface area contributed by atoms with Crippen molar-refractivity contribution in [2.24, 2.45) is 0 Å². The quantitative estimate of drug-likeness (QED) is 0.747. The number of carbonyl (C=O) groups excluding carboxylic acids is 2. The molecular formula is C21H21ClN2O4S. The molecule has 0 radical (unpaired) electrons. The van der Waals surface area contributed by atoms with E-state index in [2.05, 4.69) is 0 Å². The molecule has 29 heavy (non-hydrogen) atoms. The van der Waals surface area contributed by atoms with Gasteiger partial charge in [0.1, 0.15) is 5.75 Å². The van der Waals surface area contributed by atoms with Crippen LogP contribution >= 0.6 is 11.6 Å². The van der Waals surface area contributed by atoms with E-state index in [4.69, 9.17) is 11.6 Å². The third kappa shape index (κ3) is 3.53. The minimum Gasteiger partial charge on any atom is -0.342 e. The molecule has 2 aromatic carbocycles. The van der Waals surface area contributed by atoms with Crippen LogP contribution in [-0.2, 0) is 25.8 Å². The number of benzene rings is 2. The summed E-state index contributed by atoms with van der Waals surface area (Å²) in [6, 6.07) is 16.0. The average molecular weight is 433 g/mol. The van der Waals surface area contributed by atoms with Gasteiger partial charge in [-0.2, -0.15) is 0 Å². The zero-order valence-corrected chi connectivity index (χ0v) is 17.3. The van der Waals surface area contributed by atoms with Crippen molar-refractivity contribution in [1.82, 2.24) is 4.90 Å². The molecule has 6 nitrogen and oxygen atoms in total. The Hall–Kier alpha value is -2.38. The Bertz CT molecular complexity index is 1030. The predicted molar refractivity (Wildman–Crippen MR) is 111 cm³/mol. The molecule has 0 bridgehead atoms. The lowest BCUT2D eigenvalue weighted by molar-refractivity contribution is -0.131. The van der Waals surface area contributed by atoms with Crippen molar-refractivity contribution in [1.29, 1.82) is 0 Å². The topological polar surface area (TPSA) is 74.8 Å². The van der Waals surface area contributed by atoms with Crippen LogP contribution < -0.4 is 4.90 Å². The van der Waals surface area contributed by atoms with Crippen LogP contribution in [0.4, 0.5) is 5.69 Å². The maximum atomic E-state index is 13.0. The summed E-state index contributed by atoms with van der Waals surface area (Å²) < 4.78 is 25.9. The number of anilines is 1. The molecule has 8 heteroatoms. The first-order chi connectivity index (χ1) is 13.8. The van der Waals surface area contributed by atoms with Gasteiger partial charge >= 0.3 is 0 Å². The van der Waals surface area contributed by atoms with E-state index in [0.29, 0.717) is 23.8 Å². The van der Waals surface area contributed by atoms with E-state index in [1.165, 1.54) is 4.90 Å². The van der Waals surface area contributed by atoms with Gasteiger partial charge in [0.2, 0.25) is 11.8 Å². The number of nitrogens with zero attached hydrogens (tertiary/aromatic N) is 2. The molecule has 152 valence electrons. The van der Waals surface area contributed by atoms with Gasteiger partial charge in [-0.15, -0.1) is 0 Å². The molecule has 2 aromatic rings. The highest BCUT2D eigenvalue weighted by Gasteiger charge is 2.59. The van der Waals surface area contributed by atoms with Crippen molar-refractivity contribution in [3.05, 3.63) is 65.2 Å². The minimum absolute atomic E-state index is 0.0600. The summed E-state index contributed by atoms with van der Waals surface area (Å²) in [5.41, 5.74) is 1.44. The summed E-state index contributed by atoms with van der Waals surface area (Å²) in [6.45, 7) is 0.588. The van der Waals surface area contributed by atoms with Crippen LogP contribution in [0.2, 0.25) is 5.02 Å².